The number of rotatable bonds is 3. The molecule has 0 saturated carbocycles. The van der Waals surface area contributed by atoms with Crippen LogP contribution in [0.3, 0.4) is 0 Å². The first-order valence-corrected chi connectivity index (χ1v) is 7.30. The van der Waals surface area contributed by atoms with Gasteiger partial charge in [-0.3, -0.25) is 4.90 Å². The summed E-state index contributed by atoms with van der Waals surface area (Å²) in [5.74, 6) is -0.118. The molecule has 1 aromatic carbocycles. The molecule has 112 valence electrons. The Hall–Kier alpha value is -1.03. The van der Waals surface area contributed by atoms with Crippen LogP contribution in [0.25, 0.3) is 0 Å². The maximum absolute atomic E-state index is 13.0. The lowest BCUT2D eigenvalue weighted by atomic mass is 9.94. The van der Waals surface area contributed by atoms with Gasteiger partial charge in [-0.1, -0.05) is 32.4 Å². The summed E-state index contributed by atoms with van der Waals surface area (Å²) < 4.78 is 39.0. The lowest BCUT2D eigenvalue weighted by Crippen LogP contribution is -2.29. The molecule has 2 rings (SSSR count). The third-order valence-corrected chi connectivity index (χ3v) is 3.90. The molecule has 0 radical (unpaired) electrons. The smallest absolute Gasteiger partial charge is 0.299 e. The molecule has 0 unspecified atom stereocenters. The Labute approximate surface area is 118 Å². The molecule has 0 amide bonds. The average molecular weight is 285 g/mol. The molecule has 0 bridgehead atoms. The first kappa shape index (κ1) is 15.4. The fourth-order valence-electron chi connectivity index (χ4n) is 2.82. The van der Waals surface area contributed by atoms with Crippen LogP contribution in [0.2, 0.25) is 0 Å². The number of hydrogen-bond donors (Lipinski definition) is 0. The fraction of sp³-hybridized carbons (Fsp3) is 0.625. The van der Waals surface area contributed by atoms with Gasteiger partial charge in [-0.15, -0.1) is 0 Å². The fourth-order valence-corrected chi connectivity index (χ4v) is 2.82. The van der Waals surface area contributed by atoms with Crippen LogP contribution in [0.5, 0.6) is 0 Å². The van der Waals surface area contributed by atoms with Crippen molar-refractivity contribution < 1.29 is 13.2 Å². The van der Waals surface area contributed by atoms with Crippen LogP contribution in [-0.2, 0) is 12.7 Å². The molecule has 0 spiro atoms. The van der Waals surface area contributed by atoms with E-state index in [0.29, 0.717) is 5.56 Å². The van der Waals surface area contributed by atoms with Crippen LogP contribution in [0, 0.1) is 0 Å². The molecule has 0 aromatic heterocycles. The molecule has 1 aromatic rings. The Morgan fingerprint density at radius 3 is 2.30 bits per heavy atom. The van der Waals surface area contributed by atoms with E-state index in [2.05, 4.69) is 4.90 Å². The van der Waals surface area contributed by atoms with Crippen molar-refractivity contribution in [3.63, 3.8) is 0 Å². The number of piperidine rings is 1. The van der Waals surface area contributed by atoms with Crippen molar-refractivity contribution in [2.24, 2.45) is 0 Å². The standard InChI is InChI=1S/C16H22F3N/c1-12(2)14-10-13(6-7-15(14)16(17,18)19)11-20-8-4-3-5-9-20/h6-7,10,12H,3-5,8-9,11H2,1-2H3. The number of benzene rings is 1. The molecular weight excluding hydrogens is 263 g/mol. The van der Waals surface area contributed by atoms with Gasteiger partial charge in [0.15, 0.2) is 0 Å². The number of alkyl halides is 3. The zero-order chi connectivity index (χ0) is 14.8. The van der Waals surface area contributed by atoms with Gasteiger partial charge >= 0.3 is 6.18 Å². The van der Waals surface area contributed by atoms with Gasteiger partial charge in [0, 0.05) is 6.54 Å². The second-order valence-corrected chi connectivity index (χ2v) is 5.91. The molecule has 1 heterocycles. The highest BCUT2D eigenvalue weighted by Gasteiger charge is 2.33. The summed E-state index contributed by atoms with van der Waals surface area (Å²) in [7, 11) is 0. The third kappa shape index (κ3) is 3.75. The topological polar surface area (TPSA) is 3.24 Å². The molecule has 1 saturated heterocycles. The highest BCUT2D eigenvalue weighted by Crippen LogP contribution is 2.35. The summed E-state index contributed by atoms with van der Waals surface area (Å²) in [6.07, 6.45) is -0.612. The molecule has 20 heavy (non-hydrogen) atoms. The predicted octanol–water partition coefficient (Wildman–Crippen LogP) is 4.81. The van der Waals surface area contributed by atoms with Crippen LogP contribution in [0.4, 0.5) is 13.2 Å². The second kappa shape index (κ2) is 6.17. The van der Waals surface area contributed by atoms with Crippen LogP contribution >= 0.6 is 0 Å². The van der Waals surface area contributed by atoms with Crippen molar-refractivity contribution >= 4 is 0 Å². The summed E-state index contributed by atoms with van der Waals surface area (Å²) in [6, 6.07) is 4.61. The van der Waals surface area contributed by atoms with Crippen molar-refractivity contribution in [2.75, 3.05) is 13.1 Å². The minimum atomic E-state index is -4.26. The summed E-state index contributed by atoms with van der Waals surface area (Å²) in [5, 5.41) is 0. The van der Waals surface area contributed by atoms with E-state index in [1.165, 1.54) is 25.3 Å². The van der Waals surface area contributed by atoms with Crippen LogP contribution in [-0.4, -0.2) is 18.0 Å². The van der Waals surface area contributed by atoms with E-state index < -0.39 is 11.7 Å². The zero-order valence-corrected chi connectivity index (χ0v) is 12.1. The van der Waals surface area contributed by atoms with E-state index in [4.69, 9.17) is 0 Å². The molecule has 1 aliphatic rings. The van der Waals surface area contributed by atoms with Gasteiger partial charge in [0.1, 0.15) is 0 Å². The molecular formula is C16H22F3N. The van der Waals surface area contributed by atoms with Crippen LogP contribution in [0.1, 0.15) is 55.7 Å². The van der Waals surface area contributed by atoms with Gasteiger partial charge in [-0.2, -0.15) is 13.2 Å². The van der Waals surface area contributed by atoms with Gasteiger partial charge < -0.3 is 0 Å². The molecule has 0 atom stereocenters. The third-order valence-electron chi connectivity index (χ3n) is 3.90. The van der Waals surface area contributed by atoms with Gasteiger partial charge in [0.25, 0.3) is 0 Å². The average Bonchev–Trinajstić information content (AvgIpc) is 2.38. The monoisotopic (exact) mass is 285 g/mol. The van der Waals surface area contributed by atoms with Gasteiger partial charge in [0.2, 0.25) is 0 Å². The summed E-state index contributed by atoms with van der Waals surface area (Å²) in [6.45, 7) is 6.50. The quantitative estimate of drug-likeness (QED) is 0.770. The zero-order valence-electron chi connectivity index (χ0n) is 12.1. The molecule has 4 heteroatoms. The summed E-state index contributed by atoms with van der Waals surface area (Å²) in [4.78, 5) is 2.33. The van der Waals surface area contributed by atoms with Crippen molar-refractivity contribution in [3.8, 4) is 0 Å². The maximum atomic E-state index is 13.0. The van der Waals surface area contributed by atoms with Crippen molar-refractivity contribution in [1.82, 2.24) is 4.90 Å². The first-order valence-electron chi connectivity index (χ1n) is 7.30. The maximum Gasteiger partial charge on any atom is 0.416 e. The molecule has 1 aliphatic heterocycles. The van der Waals surface area contributed by atoms with Crippen molar-refractivity contribution in [1.29, 1.82) is 0 Å². The number of nitrogens with zero attached hydrogens (tertiary/aromatic N) is 1. The number of halogens is 3. The van der Waals surface area contributed by atoms with Gasteiger partial charge in [0.05, 0.1) is 5.56 Å². The highest BCUT2D eigenvalue weighted by molar-refractivity contribution is 5.36. The minimum absolute atomic E-state index is 0.118. The van der Waals surface area contributed by atoms with Crippen LogP contribution in [0.15, 0.2) is 18.2 Å². The van der Waals surface area contributed by atoms with Gasteiger partial charge in [-0.05, 0) is 49.0 Å². The van der Waals surface area contributed by atoms with E-state index in [1.54, 1.807) is 12.1 Å². The predicted molar refractivity (Wildman–Crippen MR) is 74.7 cm³/mol. The van der Waals surface area contributed by atoms with E-state index >= 15 is 0 Å². The van der Waals surface area contributed by atoms with E-state index in [1.807, 2.05) is 13.8 Å². The first-order chi connectivity index (χ1) is 9.38. The molecule has 1 nitrogen and oxygen atoms in total. The lowest BCUT2D eigenvalue weighted by Gasteiger charge is -2.27. The Morgan fingerprint density at radius 2 is 1.75 bits per heavy atom. The molecule has 0 aliphatic carbocycles. The highest BCUT2D eigenvalue weighted by atomic mass is 19.4. The number of hydrogen-bond acceptors (Lipinski definition) is 1. The summed E-state index contributed by atoms with van der Waals surface area (Å²) >= 11 is 0. The molecule has 1 fully saturated rings. The Morgan fingerprint density at radius 1 is 1.10 bits per heavy atom. The Kier molecular flexibility index (Phi) is 4.74. The Bertz CT molecular complexity index is 446. The number of likely N-dealkylation sites (tertiary alicyclic amines) is 1. The minimum Gasteiger partial charge on any atom is -0.299 e. The van der Waals surface area contributed by atoms with Gasteiger partial charge in [-0.25, -0.2) is 0 Å². The SMILES string of the molecule is CC(C)c1cc(CN2CCCCC2)ccc1C(F)(F)F. The molecule has 0 N–H and O–H groups in total. The second-order valence-electron chi connectivity index (χ2n) is 5.91. The Balaban J connectivity index is 2.21. The van der Waals surface area contributed by atoms with E-state index in [0.717, 1.165) is 25.2 Å². The van der Waals surface area contributed by atoms with E-state index in [9.17, 15) is 13.2 Å². The van der Waals surface area contributed by atoms with Crippen molar-refractivity contribution in [2.45, 2.75) is 51.7 Å². The van der Waals surface area contributed by atoms with E-state index in [-0.39, 0.29) is 5.92 Å². The van der Waals surface area contributed by atoms with Crippen LogP contribution < -0.4 is 0 Å². The normalized spacial score (nSPS) is 17.7. The lowest BCUT2D eigenvalue weighted by molar-refractivity contribution is -0.138. The summed E-state index contributed by atoms with van der Waals surface area (Å²) in [5.41, 5.74) is 0.908. The van der Waals surface area contributed by atoms with Crippen molar-refractivity contribution in [3.05, 3.63) is 34.9 Å². The largest absolute Gasteiger partial charge is 0.416 e.